The zero-order chi connectivity index (χ0) is 14.1. The van der Waals surface area contributed by atoms with Crippen molar-refractivity contribution in [3.63, 3.8) is 0 Å². The van der Waals surface area contributed by atoms with Crippen molar-refractivity contribution in [2.75, 3.05) is 20.1 Å². The summed E-state index contributed by atoms with van der Waals surface area (Å²) in [6.07, 6.45) is 0. The van der Waals surface area contributed by atoms with Crippen LogP contribution in [0.3, 0.4) is 0 Å². The van der Waals surface area contributed by atoms with E-state index in [0.29, 0.717) is 6.54 Å². The van der Waals surface area contributed by atoms with Gasteiger partial charge in [-0.1, -0.05) is 13.8 Å². The molecule has 0 aliphatic heterocycles. The highest BCUT2D eigenvalue weighted by Crippen LogP contribution is 2.58. The van der Waals surface area contributed by atoms with E-state index in [-0.39, 0.29) is 18.4 Å². The fourth-order valence-corrected chi connectivity index (χ4v) is 2.17. The number of rotatable bonds is 5. The molecule has 0 bridgehead atoms. The number of nitrogens with zero attached hydrogens (tertiary/aromatic N) is 1. The number of carbonyl (C=O) groups is 3. The van der Waals surface area contributed by atoms with E-state index in [1.165, 1.54) is 4.90 Å². The lowest BCUT2D eigenvalue weighted by Gasteiger charge is -2.14. The summed E-state index contributed by atoms with van der Waals surface area (Å²) in [6.45, 7) is 5.82. The van der Waals surface area contributed by atoms with Crippen LogP contribution in [0, 0.1) is 17.3 Å². The number of carboxylic acids is 1. The molecule has 2 atom stereocenters. The highest BCUT2D eigenvalue weighted by Gasteiger charge is 2.65. The van der Waals surface area contributed by atoms with Crippen LogP contribution >= 0.6 is 0 Å². The smallest absolute Gasteiger partial charge is 0.307 e. The molecule has 0 aromatic rings. The lowest BCUT2D eigenvalue weighted by Crippen LogP contribution is -2.39. The van der Waals surface area contributed by atoms with Crippen LogP contribution in [0.25, 0.3) is 0 Å². The summed E-state index contributed by atoms with van der Waals surface area (Å²) < 4.78 is 0. The standard InChI is InChI=1S/C12H20N2O4/c1-5-14(4)7(15)6-13-10(16)8-9(11(17)18)12(8,2)3/h8-9H,5-6H2,1-4H3,(H,13,16)(H,17,18)/t8-,9+/m0/s1. The third-order valence-electron chi connectivity index (χ3n) is 3.69. The molecule has 1 aliphatic rings. The van der Waals surface area contributed by atoms with Crippen molar-refractivity contribution in [2.45, 2.75) is 20.8 Å². The molecule has 0 aromatic carbocycles. The van der Waals surface area contributed by atoms with Crippen LogP contribution in [0.2, 0.25) is 0 Å². The lowest BCUT2D eigenvalue weighted by molar-refractivity contribution is -0.140. The van der Waals surface area contributed by atoms with Gasteiger partial charge in [0.15, 0.2) is 0 Å². The first-order valence-corrected chi connectivity index (χ1v) is 5.98. The second-order valence-electron chi connectivity index (χ2n) is 5.24. The Labute approximate surface area is 106 Å². The van der Waals surface area contributed by atoms with E-state index in [4.69, 9.17) is 5.11 Å². The number of hydrogen-bond donors (Lipinski definition) is 2. The summed E-state index contributed by atoms with van der Waals surface area (Å²) in [4.78, 5) is 35.7. The Hall–Kier alpha value is -1.59. The SMILES string of the molecule is CCN(C)C(=O)CNC(=O)[C@@H]1[C@H](C(=O)O)C1(C)C. The van der Waals surface area contributed by atoms with Crippen molar-refractivity contribution in [3.05, 3.63) is 0 Å². The minimum atomic E-state index is -0.961. The van der Waals surface area contributed by atoms with E-state index in [2.05, 4.69) is 5.32 Å². The molecule has 0 radical (unpaired) electrons. The quantitative estimate of drug-likeness (QED) is 0.721. The largest absolute Gasteiger partial charge is 0.481 e. The van der Waals surface area contributed by atoms with Crippen LogP contribution in [-0.2, 0) is 14.4 Å². The first kappa shape index (κ1) is 14.5. The first-order valence-electron chi connectivity index (χ1n) is 5.98. The monoisotopic (exact) mass is 256 g/mol. The van der Waals surface area contributed by atoms with E-state index in [1.54, 1.807) is 20.9 Å². The lowest BCUT2D eigenvalue weighted by atomic mass is 10.1. The van der Waals surface area contributed by atoms with Gasteiger partial charge in [0.05, 0.1) is 18.4 Å². The van der Waals surface area contributed by atoms with Crippen LogP contribution in [0.5, 0.6) is 0 Å². The fraction of sp³-hybridized carbons (Fsp3) is 0.750. The third kappa shape index (κ3) is 2.63. The van der Waals surface area contributed by atoms with Gasteiger partial charge in [0, 0.05) is 13.6 Å². The maximum atomic E-state index is 11.8. The average Bonchev–Trinajstić information content (AvgIpc) is 2.87. The summed E-state index contributed by atoms with van der Waals surface area (Å²) in [7, 11) is 1.65. The number of carbonyl (C=O) groups excluding carboxylic acids is 2. The molecule has 18 heavy (non-hydrogen) atoms. The number of nitrogens with one attached hydrogen (secondary N) is 1. The Kier molecular flexibility index (Phi) is 3.98. The molecule has 1 saturated carbocycles. The van der Waals surface area contributed by atoms with Gasteiger partial charge in [-0.05, 0) is 12.3 Å². The van der Waals surface area contributed by atoms with Gasteiger partial charge in [-0.2, -0.15) is 0 Å². The molecule has 0 unspecified atom stereocenters. The average molecular weight is 256 g/mol. The van der Waals surface area contributed by atoms with Crippen molar-refractivity contribution < 1.29 is 19.5 Å². The Morgan fingerprint density at radius 2 is 1.83 bits per heavy atom. The molecule has 6 nitrogen and oxygen atoms in total. The molecule has 2 N–H and O–H groups in total. The molecule has 0 spiro atoms. The van der Waals surface area contributed by atoms with Crippen molar-refractivity contribution in [2.24, 2.45) is 17.3 Å². The number of likely N-dealkylation sites (N-methyl/N-ethyl adjacent to an activating group) is 1. The Balaban J connectivity index is 2.49. The van der Waals surface area contributed by atoms with Gasteiger partial charge in [-0.15, -0.1) is 0 Å². The predicted octanol–water partition coefficient (Wildman–Crippen LogP) is -0.0623. The predicted molar refractivity (Wildman–Crippen MR) is 64.7 cm³/mol. The van der Waals surface area contributed by atoms with E-state index in [9.17, 15) is 14.4 Å². The highest BCUT2D eigenvalue weighted by molar-refractivity contribution is 5.93. The minimum absolute atomic E-state index is 0.0813. The summed E-state index contributed by atoms with van der Waals surface area (Å²) >= 11 is 0. The number of amides is 2. The van der Waals surface area contributed by atoms with Gasteiger partial charge in [0.1, 0.15) is 0 Å². The summed E-state index contributed by atoms with van der Waals surface area (Å²) in [5.74, 6) is -2.70. The van der Waals surface area contributed by atoms with Gasteiger partial charge in [-0.3, -0.25) is 14.4 Å². The van der Waals surface area contributed by atoms with E-state index >= 15 is 0 Å². The molecule has 1 rings (SSSR count). The van der Waals surface area contributed by atoms with Crippen molar-refractivity contribution >= 4 is 17.8 Å². The molecule has 6 heteroatoms. The van der Waals surface area contributed by atoms with Crippen molar-refractivity contribution in [1.29, 1.82) is 0 Å². The van der Waals surface area contributed by atoms with Gasteiger partial charge >= 0.3 is 5.97 Å². The Bertz CT molecular complexity index is 378. The van der Waals surface area contributed by atoms with Gasteiger partial charge in [0.25, 0.3) is 0 Å². The van der Waals surface area contributed by atoms with Crippen LogP contribution in [0.4, 0.5) is 0 Å². The van der Waals surface area contributed by atoms with Gasteiger partial charge < -0.3 is 15.3 Å². The van der Waals surface area contributed by atoms with Crippen LogP contribution in [-0.4, -0.2) is 47.9 Å². The summed E-state index contributed by atoms with van der Waals surface area (Å²) in [6, 6.07) is 0. The summed E-state index contributed by atoms with van der Waals surface area (Å²) in [5.41, 5.74) is -0.532. The van der Waals surface area contributed by atoms with E-state index in [1.807, 2.05) is 6.92 Å². The highest BCUT2D eigenvalue weighted by atomic mass is 16.4. The zero-order valence-corrected chi connectivity index (χ0v) is 11.2. The molecule has 0 saturated heterocycles. The number of hydrogen-bond acceptors (Lipinski definition) is 3. The molecule has 1 fully saturated rings. The molecule has 2 amide bonds. The van der Waals surface area contributed by atoms with Gasteiger partial charge in [0.2, 0.25) is 11.8 Å². The maximum absolute atomic E-state index is 11.8. The zero-order valence-electron chi connectivity index (χ0n) is 11.2. The van der Waals surface area contributed by atoms with E-state index < -0.39 is 23.2 Å². The Morgan fingerprint density at radius 3 is 2.22 bits per heavy atom. The molecular weight excluding hydrogens is 236 g/mol. The summed E-state index contributed by atoms with van der Waals surface area (Å²) in [5, 5.41) is 11.5. The second-order valence-corrected chi connectivity index (χ2v) is 5.24. The van der Waals surface area contributed by atoms with Crippen LogP contribution in [0.15, 0.2) is 0 Å². The van der Waals surface area contributed by atoms with Crippen LogP contribution in [0.1, 0.15) is 20.8 Å². The Morgan fingerprint density at radius 1 is 1.28 bits per heavy atom. The fourth-order valence-electron chi connectivity index (χ4n) is 2.17. The van der Waals surface area contributed by atoms with Crippen molar-refractivity contribution in [1.82, 2.24) is 10.2 Å². The molecular formula is C12H20N2O4. The number of aliphatic carboxylic acids is 1. The maximum Gasteiger partial charge on any atom is 0.307 e. The molecule has 1 aliphatic carbocycles. The number of carboxylic acid groups (broad SMARTS) is 1. The topological polar surface area (TPSA) is 86.7 Å². The second kappa shape index (κ2) is 4.96. The third-order valence-corrected chi connectivity index (χ3v) is 3.69. The minimum Gasteiger partial charge on any atom is -0.481 e. The normalized spacial score (nSPS) is 24.2. The molecule has 102 valence electrons. The van der Waals surface area contributed by atoms with E-state index in [0.717, 1.165) is 0 Å². The van der Waals surface area contributed by atoms with Gasteiger partial charge in [-0.25, -0.2) is 0 Å². The molecule has 0 aromatic heterocycles. The molecule has 0 heterocycles. The van der Waals surface area contributed by atoms with Crippen molar-refractivity contribution in [3.8, 4) is 0 Å². The first-order chi connectivity index (χ1) is 8.23. The van der Waals surface area contributed by atoms with Crippen LogP contribution < -0.4 is 5.32 Å².